The maximum absolute atomic E-state index is 11.5. The SMILES string of the molecule is CCNC(C)(CCOc1ccc(CCO)cc1)C(N)=O. The average Bonchev–Trinajstić information content (AvgIpc) is 2.41. The zero-order chi connectivity index (χ0) is 15.0. The van der Waals surface area contributed by atoms with Crippen molar-refractivity contribution in [3.63, 3.8) is 0 Å². The number of aliphatic hydroxyl groups excluding tert-OH is 1. The third kappa shape index (κ3) is 4.83. The third-order valence-corrected chi connectivity index (χ3v) is 3.31. The van der Waals surface area contributed by atoms with Gasteiger partial charge in [-0.15, -0.1) is 0 Å². The van der Waals surface area contributed by atoms with E-state index in [0.717, 1.165) is 11.3 Å². The Kier molecular flexibility index (Phi) is 6.48. The van der Waals surface area contributed by atoms with Crippen LogP contribution >= 0.6 is 0 Å². The molecule has 1 rings (SSSR count). The highest BCUT2D eigenvalue weighted by Crippen LogP contribution is 2.15. The van der Waals surface area contributed by atoms with Crippen molar-refractivity contribution in [1.29, 1.82) is 0 Å². The molecule has 0 radical (unpaired) electrons. The number of hydrogen-bond donors (Lipinski definition) is 3. The Morgan fingerprint density at radius 1 is 1.40 bits per heavy atom. The molecule has 0 aliphatic carbocycles. The molecule has 0 saturated carbocycles. The van der Waals surface area contributed by atoms with Crippen LogP contribution in [0.3, 0.4) is 0 Å². The Bertz CT molecular complexity index is 420. The molecule has 0 fully saturated rings. The Balaban J connectivity index is 2.48. The van der Waals surface area contributed by atoms with E-state index in [1.54, 1.807) is 6.92 Å². The molecule has 0 bridgehead atoms. The van der Waals surface area contributed by atoms with Gasteiger partial charge in [0.1, 0.15) is 5.75 Å². The van der Waals surface area contributed by atoms with E-state index in [2.05, 4.69) is 5.32 Å². The van der Waals surface area contributed by atoms with Crippen LogP contribution in [0, 0.1) is 0 Å². The quantitative estimate of drug-likeness (QED) is 0.626. The molecule has 1 aromatic rings. The van der Waals surface area contributed by atoms with Gasteiger partial charge in [-0.3, -0.25) is 4.79 Å². The van der Waals surface area contributed by atoms with E-state index in [1.807, 2.05) is 31.2 Å². The number of carbonyl (C=O) groups is 1. The van der Waals surface area contributed by atoms with Gasteiger partial charge in [-0.2, -0.15) is 0 Å². The number of rotatable bonds is 9. The molecule has 20 heavy (non-hydrogen) atoms. The number of carbonyl (C=O) groups excluding carboxylic acids is 1. The summed E-state index contributed by atoms with van der Waals surface area (Å²) >= 11 is 0. The molecular formula is C15H24N2O3. The zero-order valence-electron chi connectivity index (χ0n) is 12.2. The summed E-state index contributed by atoms with van der Waals surface area (Å²) in [5.41, 5.74) is 5.73. The van der Waals surface area contributed by atoms with Crippen LogP contribution in [0.15, 0.2) is 24.3 Å². The van der Waals surface area contributed by atoms with Crippen molar-refractivity contribution in [1.82, 2.24) is 5.32 Å². The summed E-state index contributed by atoms with van der Waals surface area (Å²) in [4.78, 5) is 11.5. The van der Waals surface area contributed by atoms with Crippen LogP contribution < -0.4 is 15.8 Å². The van der Waals surface area contributed by atoms with Crippen LogP contribution in [0.4, 0.5) is 0 Å². The number of primary amides is 1. The summed E-state index contributed by atoms with van der Waals surface area (Å²) in [6, 6.07) is 7.56. The van der Waals surface area contributed by atoms with Crippen LogP contribution in [-0.2, 0) is 11.2 Å². The van der Waals surface area contributed by atoms with Gasteiger partial charge in [-0.25, -0.2) is 0 Å². The number of aliphatic hydroxyl groups is 1. The van der Waals surface area contributed by atoms with E-state index in [4.69, 9.17) is 15.6 Å². The molecule has 1 amide bonds. The molecule has 1 aromatic carbocycles. The number of ether oxygens (including phenoxy) is 1. The fraction of sp³-hybridized carbons (Fsp3) is 0.533. The normalized spacial score (nSPS) is 13.8. The topological polar surface area (TPSA) is 84.6 Å². The van der Waals surface area contributed by atoms with Crippen molar-refractivity contribution in [2.24, 2.45) is 5.73 Å². The van der Waals surface area contributed by atoms with Crippen molar-refractivity contribution in [2.75, 3.05) is 19.8 Å². The number of benzene rings is 1. The van der Waals surface area contributed by atoms with Crippen LogP contribution in [0.1, 0.15) is 25.8 Å². The van der Waals surface area contributed by atoms with Gasteiger partial charge in [0.2, 0.25) is 5.91 Å². The molecule has 1 unspecified atom stereocenters. The van der Waals surface area contributed by atoms with Gasteiger partial charge in [0, 0.05) is 13.0 Å². The minimum Gasteiger partial charge on any atom is -0.494 e. The second-order valence-corrected chi connectivity index (χ2v) is 4.94. The van der Waals surface area contributed by atoms with E-state index >= 15 is 0 Å². The summed E-state index contributed by atoms with van der Waals surface area (Å²) in [6.45, 7) is 4.94. The predicted octanol–water partition coefficient (Wildman–Crippen LogP) is 0.844. The number of hydrogen-bond acceptors (Lipinski definition) is 4. The van der Waals surface area contributed by atoms with E-state index in [0.29, 0.717) is 26.0 Å². The van der Waals surface area contributed by atoms with Crippen LogP contribution in [0.5, 0.6) is 5.75 Å². The van der Waals surface area contributed by atoms with E-state index in [1.165, 1.54) is 0 Å². The summed E-state index contributed by atoms with van der Waals surface area (Å²) < 4.78 is 5.62. The number of amides is 1. The van der Waals surface area contributed by atoms with E-state index in [9.17, 15) is 4.79 Å². The van der Waals surface area contributed by atoms with Gasteiger partial charge in [0.15, 0.2) is 0 Å². The van der Waals surface area contributed by atoms with Gasteiger partial charge < -0.3 is 20.9 Å². The van der Waals surface area contributed by atoms with Gasteiger partial charge in [-0.1, -0.05) is 19.1 Å². The fourth-order valence-electron chi connectivity index (χ4n) is 1.94. The Morgan fingerprint density at radius 2 is 2.05 bits per heavy atom. The Hall–Kier alpha value is -1.59. The fourth-order valence-corrected chi connectivity index (χ4v) is 1.94. The van der Waals surface area contributed by atoms with E-state index in [-0.39, 0.29) is 12.5 Å². The zero-order valence-corrected chi connectivity index (χ0v) is 12.2. The summed E-state index contributed by atoms with van der Waals surface area (Å²) in [5.74, 6) is 0.372. The summed E-state index contributed by atoms with van der Waals surface area (Å²) in [6.07, 6.45) is 1.15. The number of nitrogens with two attached hydrogens (primary N) is 1. The van der Waals surface area contributed by atoms with E-state index < -0.39 is 5.54 Å². The molecule has 0 saturated heterocycles. The largest absolute Gasteiger partial charge is 0.494 e. The molecule has 0 aliphatic rings. The number of nitrogens with one attached hydrogen (secondary N) is 1. The third-order valence-electron chi connectivity index (χ3n) is 3.31. The van der Waals surface area contributed by atoms with Crippen LogP contribution in [0.25, 0.3) is 0 Å². The van der Waals surface area contributed by atoms with Crippen LogP contribution in [0.2, 0.25) is 0 Å². The number of likely N-dealkylation sites (N-methyl/N-ethyl adjacent to an activating group) is 1. The average molecular weight is 280 g/mol. The lowest BCUT2D eigenvalue weighted by molar-refractivity contribution is -0.124. The second-order valence-electron chi connectivity index (χ2n) is 4.94. The predicted molar refractivity (Wildman–Crippen MR) is 78.6 cm³/mol. The molecule has 4 N–H and O–H groups in total. The first kappa shape index (κ1) is 16.5. The first-order chi connectivity index (χ1) is 9.51. The van der Waals surface area contributed by atoms with Crippen molar-refractivity contribution in [2.45, 2.75) is 32.2 Å². The lowest BCUT2D eigenvalue weighted by Crippen LogP contribution is -2.53. The van der Waals surface area contributed by atoms with Gasteiger partial charge >= 0.3 is 0 Å². The second kappa shape index (κ2) is 7.87. The van der Waals surface area contributed by atoms with Crippen molar-refractivity contribution >= 4 is 5.91 Å². The molecule has 0 heterocycles. The Labute approximate surface area is 120 Å². The monoisotopic (exact) mass is 280 g/mol. The lowest BCUT2D eigenvalue weighted by Gasteiger charge is -2.26. The molecular weight excluding hydrogens is 256 g/mol. The minimum atomic E-state index is -0.744. The van der Waals surface area contributed by atoms with Crippen molar-refractivity contribution in [3.8, 4) is 5.75 Å². The van der Waals surface area contributed by atoms with Crippen LogP contribution in [-0.4, -0.2) is 36.3 Å². The first-order valence-electron chi connectivity index (χ1n) is 6.89. The van der Waals surface area contributed by atoms with Gasteiger partial charge in [0.05, 0.1) is 12.1 Å². The van der Waals surface area contributed by atoms with Crippen molar-refractivity contribution in [3.05, 3.63) is 29.8 Å². The molecule has 112 valence electrons. The highest BCUT2D eigenvalue weighted by atomic mass is 16.5. The molecule has 0 spiro atoms. The maximum Gasteiger partial charge on any atom is 0.237 e. The maximum atomic E-state index is 11.5. The molecule has 0 aliphatic heterocycles. The molecule has 5 heteroatoms. The lowest BCUT2D eigenvalue weighted by atomic mass is 9.97. The highest BCUT2D eigenvalue weighted by Gasteiger charge is 2.29. The standard InChI is InChI=1S/C15H24N2O3/c1-3-17-15(2,14(16)19)9-11-20-13-6-4-12(5-7-13)8-10-18/h4-7,17-18H,3,8-11H2,1-2H3,(H2,16,19). The summed E-state index contributed by atoms with van der Waals surface area (Å²) in [5, 5.41) is 11.9. The molecule has 1 atom stereocenters. The molecule has 0 aromatic heterocycles. The molecule has 5 nitrogen and oxygen atoms in total. The van der Waals surface area contributed by atoms with Crippen molar-refractivity contribution < 1.29 is 14.6 Å². The highest BCUT2D eigenvalue weighted by molar-refractivity contribution is 5.84. The van der Waals surface area contributed by atoms with Gasteiger partial charge in [-0.05, 0) is 37.6 Å². The minimum absolute atomic E-state index is 0.139. The van der Waals surface area contributed by atoms with Gasteiger partial charge in [0.25, 0.3) is 0 Å². The summed E-state index contributed by atoms with van der Waals surface area (Å²) in [7, 11) is 0. The Morgan fingerprint density at radius 3 is 2.55 bits per heavy atom. The first-order valence-corrected chi connectivity index (χ1v) is 6.89. The smallest absolute Gasteiger partial charge is 0.237 e.